The SMILES string of the molecule is NC(N)=NCCC[C@H](NC(=O)[C@H](Cc1c[nH]c2ccccc12)NC(=O)[C@@H](N)Cc1c[nH]c2ccccc12)C(=O)OCc1ccccc1. The van der Waals surface area contributed by atoms with Crippen LogP contribution in [0.25, 0.3) is 21.8 Å². The van der Waals surface area contributed by atoms with E-state index in [0.29, 0.717) is 6.42 Å². The minimum Gasteiger partial charge on any atom is -0.459 e. The van der Waals surface area contributed by atoms with Gasteiger partial charge >= 0.3 is 5.97 Å². The van der Waals surface area contributed by atoms with E-state index in [2.05, 4.69) is 25.6 Å². The Balaban J connectivity index is 1.33. The molecular formula is C35H40N8O4. The molecule has 0 saturated carbocycles. The Morgan fingerprint density at radius 3 is 1.96 bits per heavy atom. The molecule has 2 amide bonds. The first-order chi connectivity index (χ1) is 22.8. The maximum atomic E-state index is 13.9. The number of nitrogens with two attached hydrogens (primary N) is 3. The van der Waals surface area contributed by atoms with Gasteiger partial charge in [-0.05, 0) is 48.1 Å². The number of amides is 2. The third-order valence-electron chi connectivity index (χ3n) is 7.95. The van der Waals surface area contributed by atoms with Crippen molar-refractivity contribution in [3.63, 3.8) is 0 Å². The molecule has 47 heavy (non-hydrogen) atoms. The van der Waals surface area contributed by atoms with Crippen molar-refractivity contribution in [1.29, 1.82) is 0 Å². The van der Waals surface area contributed by atoms with Crippen LogP contribution < -0.4 is 27.8 Å². The van der Waals surface area contributed by atoms with Gasteiger partial charge in [-0.2, -0.15) is 0 Å². The van der Waals surface area contributed by atoms with Crippen molar-refractivity contribution in [2.24, 2.45) is 22.2 Å². The predicted molar refractivity (Wildman–Crippen MR) is 182 cm³/mol. The van der Waals surface area contributed by atoms with Crippen LogP contribution in [-0.2, 0) is 38.6 Å². The van der Waals surface area contributed by atoms with Crippen molar-refractivity contribution in [3.05, 3.63) is 108 Å². The summed E-state index contributed by atoms with van der Waals surface area (Å²) in [5.74, 6) is -1.72. The van der Waals surface area contributed by atoms with Crippen LogP contribution in [0.1, 0.15) is 29.5 Å². The molecule has 0 spiro atoms. The Bertz CT molecular complexity index is 1840. The second-order valence-corrected chi connectivity index (χ2v) is 11.4. The zero-order chi connectivity index (χ0) is 33.2. The lowest BCUT2D eigenvalue weighted by molar-refractivity contribution is -0.149. The second kappa shape index (κ2) is 15.6. The molecule has 0 aliphatic carbocycles. The summed E-state index contributed by atoms with van der Waals surface area (Å²) in [5, 5.41) is 7.57. The quantitative estimate of drug-likeness (QED) is 0.0395. The van der Waals surface area contributed by atoms with E-state index in [0.717, 1.165) is 38.5 Å². The van der Waals surface area contributed by atoms with Gasteiger partial charge in [-0.1, -0.05) is 66.7 Å². The lowest BCUT2D eigenvalue weighted by Gasteiger charge is -2.24. The molecule has 10 N–H and O–H groups in total. The molecule has 0 aliphatic rings. The first kappa shape index (κ1) is 32.8. The molecule has 0 bridgehead atoms. The van der Waals surface area contributed by atoms with E-state index >= 15 is 0 Å². The number of aliphatic imine (C=N–C) groups is 1. The molecule has 0 aliphatic heterocycles. The lowest BCUT2D eigenvalue weighted by atomic mass is 10.0. The van der Waals surface area contributed by atoms with Crippen molar-refractivity contribution in [2.75, 3.05) is 6.54 Å². The number of rotatable bonds is 15. The molecule has 0 saturated heterocycles. The highest BCUT2D eigenvalue weighted by atomic mass is 16.5. The van der Waals surface area contributed by atoms with Crippen molar-refractivity contribution in [2.45, 2.75) is 50.4 Å². The van der Waals surface area contributed by atoms with E-state index in [9.17, 15) is 14.4 Å². The van der Waals surface area contributed by atoms with Gasteiger partial charge in [0.1, 0.15) is 18.7 Å². The van der Waals surface area contributed by atoms with Gasteiger partial charge in [-0.15, -0.1) is 0 Å². The van der Waals surface area contributed by atoms with Crippen LogP contribution in [0.4, 0.5) is 0 Å². The lowest BCUT2D eigenvalue weighted by Crippen LogP contribution is -2.55. The summed E-state index contributed by atoms with van der Waals surface area (Å²) in [6, 6.07) is 21.7. The highest BCUT2D eigenvalue weighted by Gasteiger charge is 2.30. The fraction of sp³-hybridized carbons (Fsp3) is 0.257. The summed E-state index contributed by atoms with van der Waals surface area (Å²) >= 11 is 0. The molecule has 3 atom stereocenters. The van der Waals surface area contributed by atoms with Crippen LogP contribution in [-0.4, -0.2) is 58.4 Å². The van der Waals surface area contributed by atoms with E-state index in [4.69, 9.17) is 21.9 Å². The number of esters is 1. The standard InChI is InChI=1S/C35H40N8O4/c36-27(17-23-19-40-28-13-6-4-11-25(23)28)32(44)43-31(18-24-20-41-29-14-7-5-12-26(24)29)33(45)42-30(15-8-16-39-35(37)38)34(46)47-21-22-9-2-1-3-10-22/h1-7,9-14,19-20,27,30-31,40-41H,8,15-18,21,36H2,(H,42,45)(H,43,44)(H4,37,38,39)/t27-,30-,31-/m0/s1. The van der Waals surface area contributed by atoms with Crippen LogP contribution >= 0.6 is 0 Å². The number of carbonyl (C=O) groups excluding carboxylic acids is 3. The van der Waals surface area contributed by atoms with Crippen molar-refractivity contribution < 1.29 is 19.1 Å². The maximum Gasteiger partial charge on any atom is 0.328 e. The monoisotopic (exact) mass is 636 g/mol. The first-order valence-electron chi connectivity index (χ1n) is 15.5. The number of aromatic nitrogens is 2. The number of nitrogens with zero attached hydrogens (tertiary/aromatic N) is 1. The van der Waals surface area contributed by atoms with Gasteiger partial charge in [0.05, 0.1) is 6.04 Å². The Morgan fingerprint density at radius 1 is 0.745 bits per heavy atom. The minimum absolute atomic E-state index is 0.0398. The highest BCUT2D eigenvalue weighted by Crippen LogP contribution is 2.21. The van der Waals surface area contributed by atoms with Gasteiger partial charge in [-0.25, -0.2) is 4.79 Å². The smallest absolute Gasteiger partial charge is 0.328 e. The molecule has 244 valence electrons. The molecule has 5 aromatic rings. The van der Waals surface area contributed by atoms with Gasteiger partial charge in [0, 0.05) is 47.2 Å². The van der Waals surface area contributed by atoms with Crippen molar-refractivity contribution in [1.82, 2.24) is 20.6 Å². The van der Waals surface area contributed by atoms with E-state index in [1.807, 2.05) is 91.3 Å². The molecule has 12 nitrogen and oxygen atoms in total. The van der Waals surface area contributed by atoms with Crippen LogP contribution in [0.3, 0.4) is 0 Å². The number of ether oxygens (including phenoxy) is 1. The van der Waals surface area contributed by atoms with E-state index in [1.165, 1.54) is 0 Å². The molecule has 3 aromatic carbocycles. The number of para-hydroxylation sites is 2. The Labute approximate surface area is 272 Å². The number of aromatic amines is 2. The average molecular weight is 637 g/mol. The first-order valence-corrected chi connectivity index (χ1v) is 15.5. The summed E-state index contributed by atoms with van der Waals surface area (Å²) < 4.78 is 5.57. The number of nitrogens with one attached hydrogen (secondary N) is 4. The number of hydrogen-bond acceptors (Lipinski definition) is 6. The summed E-state index contributed by atoms with van der Waals surface area (Å²) in [7, 11) is 0. The number of benzene rings is 3. The zero-order valence-corrected chi connectivity index (χ0v) is 25.9. The van der Waals surface area contributed by atoms with Gasteiger partial charge in [0.25, 0.3) is 0 Å². The number of fused-ring (bicyclic) bond motifs is 2. The topological polar surface area (TPSA) is 206 Å². The Kier molecular flexibility index (Phi) is 10.9. The third kappa shape index (κ3) is 8.76. The Morgan fingerprint density at radius 2 is 1.32 bits per heavy atom. The number of carbonyl (C=O) groups is 3. The average Bonchev–Trinajstić information content (AvgIpc) is 3.68. The molecule has 2 aromatic heterocycles. The molecule has 0 radical (unpaired) electrons. The largest absolute Gasteiger partial charge is 0.459 e. The summed E-state index contributed by atoms with van der Waals surface area (Å²) in [6.45, 7) is 0.303. The highest BCUT2D eigenvalue weighted by molar-refractivity contribution is 5.93. The van der Waals surface area contributed by atoms with Gasteiger partial charge < -0.3 is 42.5 Å². The van der Waals surface area contributed by atoms with Gasteiger partial charge in [0.2, 0.25) is 11.8 Å². The summed E-state index contributed by atoms with van der Waals surface area (Å²) in [4.78, 5) is 51.1. The van der Waals surface area contributed by atoms with Crippen LogP contribution in [0, 0.1) is 0 Å². The maximum absolute atomic E-state index is 13.9. The van der Waals surface area contributed by atoms with E-state index in [1.54, 1.807) is 0 Å². The summed E-state index contributed by atoms with van der Waals surface area (Å²) in [6.07, 6.45) is 4.67. The number of H-pyrrole nitrogens is 2. The predicted octanol–water partition coefficient (Wildman–Crippen LogP) is 2.53. The Hall–Kier alpha value is -5.62. The van der Waals surface area contributed by atoms with E-state index in [-0.39, 0.29) is 38.4 Å². The number of guanidine groups is 1. The van der Waals surface area contributed by atoms with Crippen molar-refractivity contribution >= 4 is 45.5 Å². The third-order valence-corrected chi connectivity index (χ3v) is 7.95. The molecule has 0 fully saturated rings. The van der Waals surface area contributed by atoms with Gasteiger partial charge in [-0.3, -0.25) is 14.6 Å². The molecule has 5 rings (SSSR count). The molecule has 12 heteroatoms. The fourth-order valence-electron chi connectivity index (χ4n) is 5.49. The molecule has 0 unspecified atom stereocenters. The molecule has 2 heterocycles. The van der Waals surface area contributed by atoms with Gasteiger partial charge in [0.15, 0.2) is 5.96 Å². The minimum atomic E-state index is -1.04. The second-order valence-electron chi connectivity index (χ2n) is 11.4. The number of hydrogen-bond donors (Lipinski definition) is 7. The zero-order valence-electron chi connectivity index (χ0n) is 25.9. The van der Waals surface area contributed by atoms with Crippen molar-refractivity contribution in [3.8, 4) is 0 Å². The van der Waals surface area contributed by atoms with Crippen LogP contribution in [0.5, 0.6) is 0 Å². The normalized spacial score (nSPS) is 13.0. The van der Waals surface area contributed by atoms with E-state index < -0.39 is 35.9 Å². The molecular weight excluding hydrogens is 596 g/mol. The van der Waals surface area contributed by atoms with Crippen LogP contribution in [0.2, 0.25) is 0 Å². The van der Waals surface area contributed by atoms with Crippen LogP contribution in [0.15, 0.2) is 96.2 Å². The summed E-state index contributed by atoms with van der Waals surface area (Å²) in [5.41, 5.74) is 21.7. The fourth-order valence-corrected chi connectivity index (χ4v) is 5.49.